The van der Waals surface area contributed by atoms with Crippen molar-refractivity contribution in [1.29, 1.82) is 0 Å². The van der Waals surface area contributed by atoms with Crippen molar-refractivity contribution in [2.45, 2.75) is 245 Å². The summed E-state index contributed by atoms with van der Waals surface area (Å²) in [5, 5.41) is 0. The number of allylic oxidation sites excluding steroid dienone is 2. The van der Waals surface area contributed by atoms with Gasteiger partial charge in [0.2, 0.25) is 0 Å². The van der Waals surface area contributed by atoms with Gasteiger partial charge in [-0.05, 0) is 38.5 Å². The van der Waals surface area contributed by atoms with E-state index < -0.39 is 26.5 Å². The summed E-state index contributed by atoms with van der Waals surface area (Å²) < 4.78 is 33.3. The fourth-order valence-electron chi connectivity index (χ4n) is 6.84. The van der Waals surface area contributed by atoms with Crippen molar-refractivity contribution in [1.82, 2.24) is 0 Å². The van der Waals surface area contributed by atoms with Gasteiger partial charge in [0.05, 0.1) is 13.5 Å². The average molecular weight is 827 g/mol. The summed E-state index contributed by atoms with van der Waals surface area (Å²) >= 11 is 0. The highest BCUT2D eigenvalue weighted by Crippen LogP contribution is 2.43. The van der Waals surface area contributed by atoms with Gasteiger partial charge in [-0.15, -0.1) is 0 Å². The molecule has 0 amide bonds. The molecule has 57 heavy (non-hydrogen) atoms. The summed E-state index contributed by atoms with van der Waals surface area (Å²) in [5.74, 6) is -0.824. The molecule has 0 radical (unpaired) electrons. The molecule has 0 heterocycles. The van der Waals surface area contributed by atoms with Crippen molar-refractivity contribution in [3.63, 3.8) is 0 Å². The Morgan fingerprint density at radius 1 is 0.561 bits per heavy atom. The zero-order chi connectivity index (χ0) is 41.8. The van der Waals surface area contributed by atoms with Crippen LogP contribution in [0.4, 0.5) is 0 Å². The second kappa shape index (κ2) is 43.8. The molecular formula is C47H89NO8P+. The molecule has 10 heteroatoms. The number of phosphoric acid groups is 1. The maximum atomic E-state index is 12.7. The minimum absolute atomic E-state index is 0.122. The van der Waals surface area contributed by atoms with Crippen molar-refractivity contribution >= 4 is 19.8 Å². The highest BCUT2D eigenvalue weighted by atomic mass is 31.2. The third kappa shape index (κ3) is 43.7. The predicted octanol–water partition coefficient (Wildman–Crippen LogP) is 14.8. The lowest BCUT2D eigenvalue weighted by molar-refractivity contribution is -0.161. The number of ether oxygens (including phenoxy) is 2. The Kier molecular flexibility index (Phi) is 42.5. The van der Waals surface area contributed by atoms with E-state index in [1.165, 1.54) is 148 Å². The van der Waals surface area contributed by atoms with Gasteiger partial charge in [0.1, 0.15) is 13.2 Å². The van der Waals surface area contributed by atoms with E-state index in [4.69, 9.17) is 18.5 Å². The van der Waals surface area contributed by atoms with Crippen LogP contribution in [0.2, 0.25) is 0 Å². The second-order valence-electron chi connectivity index (χ2n) is 15.9. The molecule has 0 aliphatic heterocycles. The van der Waals surface area contributed by atoms with Crippen molar-refractivity contribution in [3.05, 3.63) is 17.0 Å². The third-order valence-electron chi connectivity index (χ3n) is 10.4. The highest BCUT2D eigenvalue weighted by Gasteiger charge is 2.26. The Bertz CT molecular complexity index is 1040. The highest BCUT2D eigenvalue weighted by molar-refractivity contribution is 7.47. The molecule has 0 aromatic heterocycles. The Morgan fingerprint density at radius 3 is 1.37 bits per heavy atom. The van der Waals surface area contributed by atoms with Crippen LogP contribution >= 0.6 is 7.82 Å². The lowest BCUT2D eigenvalue weighted by Gasteiger charge is -2.19. The van der Waals surface area contributed by atoms with Gasteiger partial charge in [-0.3, -0.25) is 18.6 Å². The lowest BCUT2D eigenvalue weighted by Crippen LogP contribution is -2.29. The van der Waals surface area contributed by atoms with Crippen LogP contribution in [-0.2, 0) is 32.7 Å². The van der Waals surface area contributed by atoms with Gasteiger partial charge in [0, 0.05) is 12.8 Å². The molecule has 0 bridgehead atoms. The Balaban J connectivity index is 4.21. The first-order chi connectivity index (χ1) is 27.8. The van der Waals surface area contributed by atoms with E-state index in [9.17, 15) is 19.0 Å². The van der Waals surface area contributed by atoms with Crippen LogP contribution in [0.3, 0.4) is 0 Å². The maximum Gasteiger partial charge on any atom is 0.472 e. The Hall–Kier alpha value is -1.72. The third-order valence-corrected chi connectivity index (χ3v) is 11.4. The van der Waals surface area contributed by atoms with Gasteiger partial charge in [0.15, 0.2) is 6.10 Å². The van der Waals surface area contributed by atoms with Crippen LogP contribution in [0.15, 0.2) is 12.2 Å². The fraction of sp³-hybridized carbons (Fsp3) is 0.894. The van der Waals surface area contributed by atoms with Crippen molar-refractivity contribution < 1.29 is 37.6 Å². The second-order valence-corrected chi connectivity index (χ2v) is 17.4. The number of phosphoric ester groups is 1. The first-order valence-corrected chi connectivity index (χ1v) is 25.3. The molecule has 0 saturated heterocycles. The van der Waals surface area contributed by atoms with Gasteiger partial charge < -0.3 is 14.4 Å². The van der Waals surface area contributed by atoms with E-state index in [1.54, 1.807) is 6.92 Å². The number of rotatable bonds is 44. The zero-order valence-electron chi connectivity index (χ0n) is 37.3. The van der Waals surface area contributed by atoms with Crippen molar-refractivity contribution in [2.24, 2.45) is 0 Å². The number of carbonyl (C=O) groups excluding carboxylic acids is 2. The van der Waals surface area contributed by atoms with E-state index >= 15 is 0 Å². The molecule has 0 aliphatic rings. The van der Waals surface area contributed by atoms with Crippen molar-refractivity contribution in [2.75, 3.05) is 26.4 Å². The van der Waals surface area contributed by atoms with E-state index in [-0.39, 0.29) is 38.6 Å². The number of unbranched alkanes of at least 4 members (excludes halogenated alkanes) is 29. The van der Waals surface area contributed by atoms with Crippen LogP contribution in [0.25, 0.3) is 4.85 Å². The Morgan fingerprint density at radius 2 is 0.947 bits per heavy atom. The van der Waals surface area contributed by atoms with E-state index in [2.05, 4.69) is 36.9 Å². The van der Waals surface area contributed by atoms with Gasteiger partial charge in [-0.1, -0.05) is 198 Å². The summed E-state index contributed by atoms with van der Waals surface area (Å²) in [4.78, 5) is 39.0. The summed E-state index contributed by atoms with van der Waals surface area (Å²) in [5.41, 5.74) is 0. The minimum Gasteiger partial charge on any atom is -0.462 e. The quantitative estimate of drug-likeness (QED) is 0.0280. The van der Waals surface area contributed by atoms with Crippen LogP contribution in [-0.4, -0.2) is 49.3 Å². The lowest BCUT2D eigenvalue weighted by atomic mass is 10.0. The van der Waals surface area contributed by atoms with Gasteiger partial charge in [-0.25, -0.2) is 4.57 Å². The molecular weight excluding hydrogens is 737 g/mol. The van der Waals surface area contributed by atoms with Crippen LogP contribution in [0.1, 0.15) is 239 Å². The van der Waals surface area contributed by atoms with Crippen molar-refractivity contribution in [3.8, 4) is 6.07 Å². The molecule has 0 saturated carbocycles. The largest absolute Gasteiger partial charge is 0.472 e. The molecule has 2 atom stereocenters. The molecule has 2 unspecified atom stereocenters. The van der Waals surface area contributed by atoms with Gasteiger partial charge in [0.25, 0.3) is 12.6 Å². The number of carbonyl (C=O) groups is 2. The summed E-state index contributed by atoms with van der Waals surface area (Å²) in [6.45, 7) is 5.52. The topological polar surface area (TPSA) is 113 Å². The van der Waals surface area contributed by atoms with Crippen LogP contribution in [0.5, 0.6) is 0 Å². The first kappa shape index (κ1) is 55.3. The van der Waals surface area contributed by atoms with Crippen LogP contribution in [0, 0.1) is 6.07 Å². The molecule has 9 nitrogen and oxygen atoms in total. The number of hydrogen-bond acceptors (Lipinski definition) is 7. The van der Waals surface area contributed by atoms with Crippen LogP contribution < -0.4 is 0 Å². The summed E-state index contributed by atoms with van der Waals surface area (Å²) in [6.07, 6.45) is 43.8. The molecule has 334 valence electrons. The first-order valence-electron chi connectivity index (χ1n) is 23.8. The molecule has 0 aromatic rings. The van der Waals surface area contributed by atoms with E-state index in [0.717, 1.165) is 51.4 Å². The molecule has 0 aromatic carbocycles. The number of nitrogens with zero attached hydrogens (tertiary/aromatic N) is 1. The van der Waals surface area contributed by atoms with Gasteiger partial charge >= 0.3 is 19.8 Å². The maximum absolute atomic E-state index is 12.7. The Labute approximate surface area is 351 Å². The minimum atomic E-state index is -4.41. The monoisotopic (exact) mass is 827 g/mol. The number of esters is 2. The average Bonchev–Trinajstić information content (AvgIpc) is 3.20. The summed E-state index contributed by atoms with van der Waals surface area (Å²) in [7, 11) is -4.41. The molecule has 0 spiro atoms. The standard InChI is InChI=1S/C47H88NO8P/c1-4-7-9-11-13-15-17-19-21-23-25-27-29-31-33-35-37-39-46(49)53-43-45(44-55-57(51,52)54-42-41-48-6-3)56-47(50)40-38-36-34-32-30-28-26-24-22-20-18-16-14-12-10-8-5-2/h24,26,45H,4-5,7-23,25,27-44H2,1-3H3/p+1. The predicted molar refractivity (Wildman–Crippen MR) is 238 cm³/mol. The fourth-order valence-corrected chi connectivity index (χ4v) is 7.58. The van der Waals surface area contributed by atoms with Gasteiger partial charge in [-0.2, -0.15) is 0 Å². The summed E-state index contributed by atoms with van der Waals surface area (Å²) in [6, 6.07) is 2.57. The SMILES string of the molecule is CC#[N+]CCOP(=O)(O)OCC(COC(=O)CCCCCCCCCCCCCCCCCCC)OC(=O)CCCCCCCC=CCCCCCCCCCC. The molecule has 0 fully saturated rings. The zero-order valence-corrected chi connectivity index (χ0v) is 38.2. The molecule has 0 rings (SSSR count). The van der Waals surface area contributed by atoms with E-state index in [1.807, 2.05) is 0 Å². The molecule has 1 N–H and O–H groups in total. The molecule has 0 aliphatic carbocycles. The smallest absolute Gasteiger partial charge is 0.462 e. The normalized spacial score (nSPS) is 13.0. The van der Waals surface area contributed by atoms with E-state index in [0.29, 0.717) is 6.42 Å². The number of hydrogen-bond donors (Lipinski definition) is 1.